The van der Waals surface area contributed by atoms with Crippen molar-refractivity contribution in [2.45, 2.75) is 19.8 Å². The minimum atomic E-state index is 0.328. The SMILES string of the molecule is CCCCOc1ccc(-c2ccccc2C(N)=NN)cc1. The molecule has 2 aromatic rings. The molecule has 0 saturated heterocycles. The molecule has 2 aromatic carbocycles. The minimum absolute atomic E-state index is 0.328. The smallest absolute Gasteiger partial charge is 0.150 e. The number of nitrogens with zero attached hydrogens (tertiary/aromatic N) is 1. The third kappa shape index (κ3) is 3.75. The lowest BCUT2D eigenvalue weighted by atomic mass is 9.99. The zero-order valence-electron chi connectivity index (χ0n) is 12.3. The van der Waals surface area contributed by atoms with Gasteiger partial charge in [-0.1, -0.05) is 49.7 Å². The van der Waals surface area contributed by atoms with Gasteiger partial charge in [-0.05, 0) is 29.7 Å². The number of hydrogen-bond donors (Lipinski definition) is 2. The van der Waals surface area contributed by atoms with Crippen LogP contribution in [0.3, 0.4) is 0 Å². The van der Waals surface area contributed by atoms with Crippen LogP contribution < -0.4 is 16.3 Å². The van der Waals surface area contributed by atoms with Gasteiger partial charge in [0.25, 0.3) is 0 Å². The second kappa shape index (κ2) is 7.33. The molecule has 4 N–H and O–H groups in total. The average Bonchev–Trinajstić information content (AvgIpc) is 2.55. The molecule has 0 aliphatic carbocycles. The average molecular weight is 283 g/mol. The summed E-state index contributed by atoms with van der Waals surface area (Å²) in [5, 5.41) is 3.58. The van der Waals surface area contributed by atoms with Crippen molar-refractivity contribution in [1.82, 2.24) is 0 Å². The summed E-state index contributed by atoms with van der Waals surface area (Å²) in [5.41, 5.74) is 8.74. The Morgan fingerprint density at radius 2 is 1.81 bits per heavy atom. The van der Waals surface area contributed by atoms with Gasteiger partial charge in [-0.25, -0.2) is 0 Å². The zero-order chi connectivity index (χ0) is 15.1. The fourth-order valence-electron chi connectivity index (χ4n) is 2.09. The summed E-state index contributed by atoms with van der Waals surface area (Å²) in [4.78, 5) is 0. The first-order valence-corrected chi connectivity index (χ1v) is 7.12. The number of hydrazone groups is 1. The molecule has 2 rings (SSSR count). The monoisotopic (exact) mass is 283 g/mol. The van der Waals surface area contributed by atoms with E-state index in [1.54, 1.807) is 0 Å². The minimum Gasteiger partial charge on any atom is -0.494 e. The van der Waals surface area contributed by atoms with Crippen LogP contribution in [0.4, 0.5) is 0 Å². The third-order valence-corrected chi connectivity index (χ3v) is 3.27. The van der Waals surface area contributed by atoms with Crippen LogP contribution in [0.15, 0.2) is 53.6 Å². The van der Waals surface area contributed by atoms with Crippen molar-refractivity contribution in [3.63, 3.8) is 0 Å². The Morgan fingerprint density at radius 1 is 1.10 bits per heavy atom. The molecule has 0 unspecified atom stereocenters. The van der Waals surface area contributed by atoms with Gasteiger partial charge in [0.15, 0.2) is 5.84 Å². The van der Waals surface area contributed by atoms with E-state index in [4.69, 9.17) is 16.3 Å². The fraction of sp³-hybridized carbons (Fsp3) is 0.235. The molecule has 0 bridgehead atoms. The molecule has 0 fully saturated rings. The zero-order valence-corrected chi connectivity index (χ0v) is 12.3. The predicted octanol–water partition coefficient (Wildman–Crippen LogP) is 3.11. The van der Waals surface area contributed by atoms with Crippen LogP contribution in [0.5, 0.6) is 5.75 Å². The summed E-state index contributed by atoms with van der Waals surface area (Å²) in [7, 11) is 0. The Balaban J connectivity index is 2.23. The van der Waals surface area contributed by atoms with Crippen LogP contribution >= 0.6 is 0 Å². The third-order valence-electron chi connectivity index (χ3n) is 3.27. The van der Waals surface area contributed by atoms with Crippen LogP contribution in [0.1, 0.15) is 25.3 Å². The number of nitrogens with two attached hydrogens (primary N) is 2. The van der Waals surface area contributed by atoms with Gasteiger partial charge in [0, 0.05) is 5.56 Å². The highest BCUT2D eigenvalue weighted by molar-refractivity contribution is 6.03. The first-order valence-electron chi connectivity index (χ1n) is 7.12. The Labute approximate surface area is 125 Å². The molecule has 0 aliphatic heterocycles. The van der Waals surface area contributed by atoms with Crippen LogP contribution in [0.2, 0.25) is 0 Å². The first-order chi connectivity index (χ1) is 10.3. The van der Waals surface area contributed by atoms with Gasteiger partial charge in [-0.15, -0.1) is 0 Å². The maximum atomic E-state index is 5.84. The van der Waals surface area contributed by atoms with Gasteiger partial charge in [-0.2, -0.15) is 5.10 Å². The van der Waals surface area contributed by atoms with E-state index in [9.17, 15) is 0 Å². The maximum absolute atomic E-state index is 5.84. The second-order valence-electron chi connectivity index (χ2n) is 4.79. The van der Waals surface area contributed by atoms with E-state index in [-0.39, 0.29) is 0 Å². The lowest BCUT2D eigenvalue weighted by Crippen LogP contribution is -2.16. The molecule has 0 spiro atoms. The number of benzene rings is 2. The molecular weight excluding hydrogens is 262 g/mol. The van der Waals surface area contributed by atoms with Crippen molar-refractivity contribution >= 4 is 5.84 Å². The summed E-state index contributed by atoms with van der Waals surface area (Å²) >= 11 is 0. The molecule has 4 nitrogen and oxygen atoms in total. The van der Waals surface area contributed by atoms with Crippen molar-refractivity contribution < 1.29 is 4.74 Å². The fourth-order valence-corrected chi connectivity index (χ4v) is 2.09. The normalized spacial score (nSPS) is 11.4. The molecule has 4 heteroatoms. The standard InChI is InChI=1S/C17H21N3O/c1-2-3-12-21-14-10-8-13(9-11-14)15-6-4-5-7-16(15)17(18)20-19/h4-11H,2-3,12,19H2,1H3,(H2,18,20). The molecular formula is C17H21N3O. The van der Waals surface area contributed by atoms with E-state index in [1.807, 2.05) is 48.5 Å². The molecule has 110 valence electrons. The quantitative estimate of drug-likeness (QED) is 0.281. The van der Waals surface area contributed by atoms with E-state index in [0.29, 0.717) is 5.84 Å². The van der Waals surface area contributed by atoms with E-state index in [0.717, 1.165) is 41.9 Å². The van der Waals surface area contributed by atoms with Crippen molar-refractivity contribution in [1.29, 1.82) is 0 Å². The Bertz CT molecular complexity index is 606. The van der Waals surface area contributed by atoms with Gasteiger partial charge in [0.1, 0.15) is 5.75 Å². The second-order valence-corrected chi connectivity index (χ2v) is 4.79. The number of hydrogen-bond acceptors (Lipinski definition) is 3. The molecule has 0 heterocycles. The van der Waals surface area contributed by atoms with Gasteiger partial charge < -0.3 is 16.3 Å². The van der Waals surface area contributed by atoms with Crippen molar-refractivity contribution in [3.8, 4) is 16.9 Å². The molecule has 0 amide bonds. The van der Waals surface area contributed by atoms with Gasteiger partial charge in [0.2, 0.25) is 0 Å². The topological polar surface area (TPSA) is 73.6 Å². The van der Waals surface area contributed by atoms with Crippen LogP contribution in [-0.2, 0) is 0 Å². The van der Waals surface area contributed by atoms with Crippen LogP contribution in [0.25, 0.3) is 11.1 Å². The Morgan fingerprint density at radius 3 is 2.48 bits per heavy atom. The van der Waals surface area contributed by atoms with E-state index in [2.05, 4.69) is 12.0 Å². The summed E-state index contributed by atoms with van der Waals surface area (Å²) in [6, 6.07) is 15.8. The summed E-state index contributed by atoms with van der Waals surface area (Å²) < 4.78 is 5.67. The van der Waals surface area contributed by atoms with Gasteiger partial charge >= 0.3 is 0 Å². The number of unbranched alkanes of at least 4 members (excludes halogenated alkanes) is 1. The first kappa shape index (κ1) is 14.9. The van der Waals surface area contributed by atoms with E-state index >= 15 is 0 Å². The molecule has 0 aromatic heterocycles. The number of ether oxygens (including phenoxy) is 1. The molecule has 0 aliphatic rings. The van der Waals surface area contributed by atoms with Gasteiger partial charge in [-0.3, -0.25) is 0 Å². The van der Waals surface area contributed by atoms with Crippen molar-refractivity contribution in [2.24, 2.45) is 16.7 Å². The van der Waals surface area contributed by atoms with Crippen molar-refractivity contribution in [3.05, 3.63) is 54.1 Å². The molecule has 0 atom stereocenters. The highest BCUT2D eigenvalue weighted by atomic mass is 16.5. The number of amidine groups is 1. The largest absolute Gasteiger partial charge is 0.494 e. The highest BCUT2D eigenvalue weighted by Gasteiger charge is 2.07. The summed E-state index contributed by atoms with van der Waals surface area (Å²) in [6.45, 7) is 2.89. The number of rotatable bonds is 6. The van der Waals surface area contributed by atoms with Crippen LogP contribution in [0, 0.1) is 0 Å². The lowest BCUT2D eigenvalue weighted by Gasteiger charge is -2.10. The lowest BCUT2D eigenvalue weighted by molar-refractivity contribution is 0.309. The Kier molecular flexibility index (Phi) is 5.21. The van der Waals surface area contributed by atoms with Gasteiger partial charge in [0.05, 0.1) is 6.61 Å². The van der Waals surface area contributed by atoms with E-state index in [1.165, 1.54) is 0 Å². The predicted molar refractivity (Wildman–Crippen MR) is 87.2 cm³/mol. The Hall–Kier alpha value is -2.49. The molecule has 0 saturated carbocycles. The van der Waals surface area contributed by atoms with Crippen molar-refractivity contribution in [2.75, 3.05) is 6.61 Å². The summed E-state index contributed by atoms with van der Waals surface area (Å²) in [6.07, 6.45) is 2.19. The van der Waals surface area contributed by atoms with E-state index < -0.39 is 0 Å². The summed E-state index contributed by atoms with van der Waals surface area (Å²) in [5.74, 6) is 6.49. The van der Waals surface area contributed by atoms with Crippen LogP contribution in [-0.4, -0.2) is 12.4 Å². The highest BCUT2D eigenvalue weighted by Crippen LogP contribution is 2.25. The maximum Gasteiger partial charge on any atom is 0.150 e. The molecule has 0 radical (unpaired) electrons. The molecule has 21 heavy (non-hydrogen) atoms.